The Morgan fingerprint density at radius 1 is 1.17 bits per heavy atom. The molecule has 5 rings (SSSR count). The third-order valence-corrected chi connectivity index (χ3v) is 6.76. The van der Waals surface area contributed by atoms with E-state index in [0.717, 1.165) is 54.0 Å². The van der Waals surface area contributed by atoms with E-state index in [9.17, 15) is 10.1 Å². The molecule has 36 heavy (non-hydrogen) atoms. The molecule has 0 radical (unpaired) electrons. The molecular formula is C28H33N5O3. The van der Waals surface area contributed by atoms with Gasteiger partial charge in [-0.2, -0.15) is 5.26 Å². The van der Waals surface area contributed by atoms with Crippen LogP contribution in [0.2, 0.25) is 0 Å². The van der Waals surface area contributed by atoms with Crippen LogP contribution in [-0.2, 0) is 16.0 Å². The molecule has 1 atom stereocenters. The average Bonchev–Trinajstić information content (AvgIpc) is 3.50. The number of pyridine rings is 1. The minimum atomic E-state index is -0.489. The lowest BCUT2D eigenvalue weighted by Gasteiger charge is -2.29. The Hall–Kier alpha value is -3.57. The number of hydrogen-bond acceptors (Lipinski definition) is 6. The van der Waals surface area contributed by atoms with Crippen molar-refractivity contribution in [3.8, 4) is 17.2 Å². The quantitative estimate of drug-likeness (QED) is 0.532. The summed E-state index contributed by atoms with van der Waals surface area (Å²) >= 11 is 0. The number of anilines is 1. The van der Waals surface area contributed by atoms with Crippen LogP contribution in [0.25, 0.3) is 22.2 Å². The number of ether oxygens (including phenoxy) is 2. The monoisotopic (exact) mass is 487 g/mol. The Morgan fingerprint density at radius 3 is 2.61 bits per heavy atom. The Kier molecular flexibility index (Phi) is 6.59. The summed E-state index contributed by atoms with van der Waals surface area (Å²) < 4.78 is 13.4. The highest BCUT2D eigenvalue weighted by Crippen LogP contribution is 2.34. The molecule has 1 amide bonds. The summed E-state index contributed by atoms with van der Waals surface area (Å²) in [6.45, 7) is 10.9. The second-order valence-corrected chi connectivity index (χ2v) is 10.6. The number of carbonyl (C=O) groups excluding carboxylic acids is 1. The van der Waals surface area contributed by atoms with Gasteiger partial charge in [0.25, 0.3) is 0 Å². The largest absolute Gasteiger partial charge is 0.444 e. The normalized spacial score (nSPS) is 18.4. The molecule has 2 saturated heterocycles. The summed E-state index contributed by atoms with van der Waals surface area (Å²) in [5.41, 5.74) is 4.26. The molecule has 0 aliphatic carbocycles. The Labute approximate surface area is 212 Å². The number of fused-ring (bicyclic) bond motifs is 1. The van der Waals surface area contributed by atoms with Gasteiger partial charge >= 0.3 is 6.09 Å². The minimum Gasteiger partial charge on any atom is -0.444 e. The lowest BCUT2D eigenvalue weighted by Crippen LogP contribution is -2.37. The van der Waals surface area contributed by atoms with Gasteiger partial charge in [0, 0.05) is 44.5 Å². The fraction of sp³-hybridized carbons (Fsp3) is 0.464. The summed E-state index contributed by atoms with van der Waals surface area (Å²) in [7, 11) is 0. The topological polar surface area (TPSA) is 83.6 Å². The van der Waals surface area contributed by atoms with Gasteiger partial charge in [0.1, 0.15) is 11.4 Å². The van der Waals surface area contributed by atoms with Crippen molar-refractivity contribution >= 4 is 22.9 Å². The van der Waals surface area contributed by atoms with Crippen molar-refractivity contribution in [1.82, 2.24) is 14.5 Å². The zero-order chi connectivity index (χ0) is 25.3. The van der Waals surface area contributed by atoms with Gasteiger partial charge < -0.3 is 23.8 Å². The van der Waals surface area contributed by atoms with Crippen LogP contribution >= 0.6 is 0 Å². The van der Waals surface area contributed by atoms with Gasteiger partial charge in [0.2, 0.25) is 0 Å². The maximum Gasteiger partial charge on any atom is 0.410 e. The molecule has 8 heteroatoms. The van der Waals surface area contributed by atoms with Gasteiger partial charge in [-0.15, -0.1) is 0 Å². The molecule has 0 saturated carbocycles. The van der Waals surface area contributed by atoms with Crippen molar-refractivity contribution in [1.29, 1.82) is 5.26 Å². The number of nitrogens with zero attached hydrogens (tertiary/aromatic N) is 5. The summed E-state index contributed by atoms with van der Waals surface area (Å²) in [6, 6.07) is 14.2. The highest BCUT2D eigenvalue weighted by molar-refractivity contribution is 5.88. The Morgan fingerprint density at radius 2 is 1.92 bits per heavy atom. The van der Waals surface area contributed by atoms with E-state index in [1.165, 1.54) is 0 Å². The van der Waals surface area contributed by atoms with Gasteiger partial charge in [0.05, 0.1) is 35.9 Å². The third kappa shape index (κ3) is 5.17. The molecule has 2 aliphatic heterocycles. The van der Waals surface area contributed by atoms with Crippen LogP contribution in [0.5, 0.6) is 0 Å². The number of nitriles is 1. The maximum atomic E-state index is 12.5. The Balaban J connectivity index is 1.43. The number of carbonyl (C=O) groups is 1. The molecule has 0 N–H and O–H groups in total. The smallest absolute Gasteiger partial charge is 0.410 e. The van der Waals surface area contributed by atoms with E-state index in [4.69, 9.17) is 14.5 Å². The first-order valence-corrected chi connectivity index (χ1v) is 12.6. The molecule has 0 spiro atoms. The zero-order valence-electron chi connectivity index (χ0n) is 21.2. The standard InChI is InChI=1S/C28H33N5O3/c1-28(2,3)36-27(34)33-10-8-21(19-33)18-32-11-9-24-25(32)16-23(22-6-4-20(17-29)5-7-22)26(30-24)31-12-14-35-15-13-31/h4-7,9,11,16,21H,8,10,12-15,18-19H2,1-3H3/t21-/m1/s1. The van der Waals surface area contributed by atoms with Crippen molar-refractivity contribution in [2.45, 2.75) is 39.3 Å². The first-order chi connectivity index (χ1) is 17.3. The van der Waals surface area contributed by atoms with E-state index in [0.29, 0.717) is 37.8 Å². The molecular weight excluding hydrogens is 454 g/mol. The summed E-state index contributed by atoms with van der Waals surface area (Å²) in [5.74, 6) is 1.30. The lowest BCUT2D eigenvalue weighted by atomic mass is 10.0. The van der Waals surface area contributed by atoms with E-state index < -0.39 is 5.60 Å². The van der Waals surface area contributed by atoms with E-state index in [2.05, 4.69) is 33.9 Å². The highest BCUT2D eigenvalue weighted by Gasteiger charge is 2.30. The van der Waals surface area contributed by atoms with Crippen molar-refractivity contribution in [3.63, 3.8) is 0 Å². The van der Waals surface area contributed by atoms with Gasteiger partial charge in [-0.05, 0) is 62.9 Å². The van der Waals surface area contributed by atoms with Crippen LogP contribution in [0.3, 0.4) is 0 Å². The number of rotatable bonds is 4. The summed E-state index contributed by atoms with van der Waals surface area (Å²) in [5, 5.41) is 9.23. The predicted molar refractivity (Wildman–Crippen MR) is 139 cm³/mol. The number of aromatic nitrogens is 2. The number of likely N-dealkylation sites (tertiary alicyclic amines) is 1. The molecule has 1 aromatic carbocycles. The molecule has 8 nitrogen and oxygen atoms in total. The molecule has 2 fully saturated rings. The van der Waals surface area contributed by atoms with E-state index >= 15 is 0 Å². The molecule has 0 unspecified atom stereocenters. The van der Waals surface area contributed by atoms with Crippen LogP contribution in [0.15, 0.2) is 42.6 Å². The van der Waals surface area contributed by atoms with Gasteiger partial charge in [-0.25, -0.2) is 9.78 Å². The summed E-state index contributed by atoms with van der Waals surface area (Å²) in [4.78, 5) is 21.7. The van der Waals surface area contributed by atoms with Crippen LogP contribution in [0.4, 0.5) is 10.6 Å². The number of hydrogen-bond donors (Lipinski definition) is 0. The molecule has 4 heterocycles. The third-order valence-electron chi connectivity index (χ3n) is 6.76. The van der Waals surface area contributed by atoms with Crippen LogP contribution < -0.4 is 4.90 Å². The number of benzene rings is 1. The van der Waals surface area contributed by atoms with Crippen molar-refractivity contribution < 1.29 is 14.3 Å². The Bertz CT molecular complexity index is 1280. The average molecular weight is 488 g/mol. The van der Waals surface area contributed by atoms with Gasteiger partial charge in [-0.1, -0.05) is 12.1 Å². The van der Waals surface area contributed by atoms with Crippen molar-refractivity contribution in [2.24, 2.45) is 5.92 Å². The fourth-order valence-corrected chi connectivity index (χ4v) is 4.96. The molecule has 3 aromatic rings. The SMILES string of the molecule is CC(C)(C)OC(=O)N1CC[C@H](Cn2ccc3nc(N4CCOCC4)c(-c4ccc(C#N)cc4)cc32)C1. The maximum absolute atomic E-state index is 12.5. The van der Waals surface area contributed by atoms with Crippen molar-refractivity contribution in [2.75, 3.05) is 44.3 Å². The number of morpholine rings is 1. The van der Waals surface area contributed by atoms with Crippen LogP contribution in [0, 0.1) is 17.2 Å². The van der Waals surface area contributed by atoms with Crippen LogP contribution in [-0.4, -0.2) is 65.5 Å². The minimum absolute atomic E-state index is 0.234. The highest BCUT2D eigenvalue weighted by atomic mass is 16.6. The van der Waals surface area contributed by atoms with E-state index in [1.54, 1.807) is 0 Å². The molecule has 2 aromatic heterocycles. The van der Waals surface area contributed by atoms with Crippen molar-refractivity contribution in [3.05, 3.63) is 48.2 Å². The van der Waals surface area contributed by atoms with E-state index in [1.807, 2.05) is 49.9 Å². The summed E-state index contributed by atoms with van der Waals surface area (Å²) in [6.07, 6.45) is 2.81. The second kappa shape index (κ2) is 9.82. The van der Waals surface area contributed by atoms with Gasteiger partial charge in [-0.3, -0.25) is 0 Å². The molecule has 188 valence electrons. The lowest BCUT2D eigenvalue weighted by molar-refractivity contribution is 0.0287. The second-order valence-electron chi connectivity index (χ2n) is 10.6. The first-order valence-electron chi connectivity index (χ1n) is 12.6. The van der Waals surface area contributed by atoms with Gasteiger partial charge in [0.15, 0.2) is 0 Å². The molecule has 2 aliphatic rings. The first kappa shape index (κ1) is 24.1. The fourth-order valence-electron chi connectivity index (χ4n) is 4.96. The molecule has 0 bridgehead atoms. The van der Waals surface area contributed by atoms with Crippen LogP contribution in [0.1, 0.15) is 32.8 Å². The predicted octanol–water partition coefficient (Wildman–Crippen LogP) is 4.67. The zero-order valence-corrected chi connectivity index (χ0v) is 21.2. The number of amides is 1. The van der Waals surface area contributed by atoms with E-state index in [-0.39, 0.29) is 6.09 Å².